The van der Waals surface area contributed by atoms with Crippen LogP contribution in [0.5, 0.6) is 0 Å². The fourth-order valence-electron chi connectivity index (χ4n) is 1.36. The minimum absolute atomic E-state index is 0.0577. The van der Waals surface area contributed by atoms with Crippen molar-refractivity contribution in [2.24, 2.45) is 0 Å². The van der Waals surface area contributed by atoms with Crippen molar-refractivity contribution in [2.75, 3.05) is 20.7 Å². The van der Waals surface area contributed by atoms with Gasteiger partial charge in [-0.05, 0) is 17.9 Å². The number of thiophene rings is 1. The van der Waals surface area contributed by atoms with Gasteiger partial charge in [0.05, 0.1) is 13.5 Å². The summed E-state index contributed by atoms with van der Waals surface area (Å²) in [5.41, 5.74) is 0. The molecule has 0 atom stereocenters. The molecule has 0 saturated heterocycles. The van der Waals surface area contributed by atoms with Gasteiger partial charge in [-0.15, -0.1) is 11.3 Å². The van der Waals surface area contributed by atoms with Crippen LogP contribution in [0, 0.1) is 0 Å². The molecule has 4 nitrogen and oxygen atoms in total. The molecule has 0 unspecified atom stereocenters. The molecule has 5 heteroatoms. The highest BCUT2D eigenvalue weighted by Gasteiger charge is 2.11. The maximum Gasteiger partial charge on any atom is 0.307 e. The van der Waals surface area contributed by atoms with Crippen LogP contribution in [0.4, 0.5) is 0 Å². The van der Waals surface area contributed by atoms with Crippen molar-refractivity contribution < 1.29 is 14.3 Å². The molecule has 0 spiro atoms. The molecule has 0 radical (unpaired) electrons. The molecule has 17 heavy (non-hydrogen) atoms. The highest BCUT2D eigenvalue weighted by atomic mass is 32.1. The molecule has 1 amide bonds. The van der Waals surface area contributed by atoms with Crippen molar-refractivity contribution in [3.8, 4) is 0 Å². The van der Waals surface area contributed by atoms with Gasteiger partial charge in [-0.2, -0.15) is 0 Å². The molecular weight excluding hydrogens is 238 g/mol. The standard InChI is InChI=1S/C12H17NO3S/c1-13(8-7-12(15)16-2)11(14)6-5-10-4-3-9-17-10/h3-4,9H,5-8H2,1-2H3. The van der Waals surface area contributed by atoms with Gasteiger partial charge in [-0.1, -0.05) is 6.07 Å². The van der Waals surface area contributed by atoms with Crippen molar-refractivity contribution in [3.05, 3.63) is 22.4 Å². The Bertz CT molecular complexity index is 362. The van der Waals surface area contributed by atoms with E-state index in [1.807, 2.05) is 17.5 Å². The molecule has 0 aliphatic heterocycles. The van der Waals surface area contributed by atoms with E-state index in [-0.39, 0.29) is 18.3 Å². The van der Waals surface area contributed by atoms with Gasteiger partial charge in [-0.3, -0.25) is 9.59 Å². The molecule has 0 aliphatic carbocycles. The first-order valence-electron chi connectivity index (χ1n) is 5.46. The van der Waals surface area contributed by atoms with Gasteiger partial charge in [0, 0.05) is 24.9 Å². The van der Waals surface area contributed by atoms with Crippen LogP contribution in [0.15, 0.2) is 17.5 Å². The summed E-state index contributed by atoms with van der Waals surface area (Å²) in [7, 11) is 3.06. The SMILES string of the molecule is COC(=O)CCN(C)C(=O)CCc1cccs1. The van der Waals surface area contributed by atoms with Crippen LogP contribution >= 0.6 is 11.3 Å². The first-order valence-corrected chi connectivity index (χ1v) is 6.34. The molecule has 0 aliphatic rings. The number of hydrogen-bond donors (Lipinski definition) is 0. The minimum Gasteiger partial charge on any atom is -0.469 e. The quantitative estimate of drug-likeness (QED) is 0.727. The predicted molar refractivity (Wildman–Crippen MR) is 66.9 cm³/mol. The number of esters is 1. The van der Waals surface area contributed by atoms with Gasteiger partial charge < -0.3 is 9.64 Å². The number of aryl methyl sites for hydroxylation is 1. The summed E-state index contributed by atoms with van der Waals surface area (Å²) in [6, 6.07) is 4.00. The van der Waals surface area contributed by atoms with Crippen LogP contribution in [-0.2, 0) is 20.7 Å². The maximum atomic E-state index is 11.7. The fourth-order valence-corrected chi connectivity index (χ4v) is 2.07. The molecule has 1 aromatic heterocycles. The Morgan fingerprint density at radius 1 is 1.41 bits per heavy atom. The first-order chi connectivity index (χ1) is 8.13. The number of rotatable bonds is 6. The number of ether oxygens (including phenoxy) is 1. The summed E-state index contributed by atoms with van der Waals surface area (Å²) in [5.74, 6) is -0.231. The van der Waals surface area contributed by atoms with Crippen LogP contribution in [-0.4, -0.2) is 37.5 Å². The third-order valence-electron chi connectivity index (χ3n) is 2.47. The summed E-state index contributed by atoms with van der Waals surface area (Å²) in [6.07, 6.45) is 1.50. The van der Waals surface area contributed by atoms with Crippen molar-refractivity contribution >= 4 is 23.2 Å². The topological polar surface area (TPSA) is 46.6 Å². The first kappa shape index (κ1) is 13.7. The monoisotopic (exact) mass is 255 g/mol. The zero-order valence-electron chi connectivity index (χ0n) is 10.1. The molecule has 0 saturated carbocycles. The Labute approximate surface area is 105 Å². The lowest BCUT2D eigenvalue weighted by molar-refractivity contribution is -0.141. The van der Waals surface area contributed by atoms with Crippen molar-refractivity contribution in [1.29, 1.82) is 0 Å². The Kier molecular flexibility index (Phi) is 5.69. The Morgan fingerprint density at radius 3 is 2.76 bits per heavy atom. The van der Waals surface area contributed by atoms with Gasteiger partial charge in [0.15, 0.2) is 0 Å². The van der Waals surface area contributed by atoms with Crippen LogP contribution in [0.2, 0.25) is 0 Å². The zero-order chi connectivity index (χ0) is 12.7. The van der Waals surface area contributed by atoms with Crippen molar-refractivity contribution in [2.45, 2.75) is 19.3 Å². The number of methoxy groups -OCH3 is 1. The summed E-state index contributed by atoms with van der Waals surface area (Å²) >= 11 is 1.65. The van der Waals surface area contributed by atoms with Crippen LogP contribution in [0.25, 0.3) is 0 Å². The van der Waals surface area contributed by atoms with Crippen molar-refractivity contribution in [3.63, 3.8) is 0 Å². The van der Waals surface area contributed by atoms with Gasteiger partial charge in [-0.25, -0.2) is 0 Å². The zero-order valence-corrected chi connectivity index (χ0v) is 11.0. The van der Waals surface area contributed by atoms with Gasteiger partial charge in [0.25, 0.3) is 0 Å². The van der Waals surface area contributed by atoms with Gasteiger partial charge >= 0.3 is 5.97 Å². The van der Waals surface area contributed by atoms with E-state index in [0.29, 0.717) is 13.0 Å². The van der Waals surface area contributed by atoms with E-state index in [0.717, 1.165) is 6.42 Å². The lowest BCUT2D eigenvalue weighted by atomic mass is 10.2. The fraction of sp³-hybridized carbons (Fsp3) is 0.500. The molecule has 1 rings (SSSR count). The predicted octanol–water partition coefficient (Wildman–Crippen LogP) is 1.70. The molecule has 0 aromatic carbocycles. The van der Waals surface area contributed by atoms with E-state index in [1.54, 1.807) is 23.3 Å². The average molecular weight is 255 g/mol. The number of nitrogens with zero attached hydrogens (tertiary/aromatic N) is 1. The molecule has 0 N–H and O–H groups in total. The second kappa shape index (κ2) is 7.06. The van der Waals surface area contributed by atoms with Gasteiger partial charge in [0.1, 0.15) is 0 Å². The number of hydrogen-bond acceptors (Lipinski definition) is 4. The molecule has 1 heterocycles. The Balaban J connectivity index is 2.24. The van der Waals surface area contributed by atoms with Gasteiger partial charge in [0.2, 0.25) is 5.91 Å². The minimum atomic E-state index is -0.289. The number of carbonyl (C=O) groups is 2. The molecule has 94 valence electrons. The van der Waals surface area contributed by atoms with Crippen molar-refractivity contribution in [1.82, 2.24) is 4.90 Å². The normalized spacial score (nSPS) is 10.0. The van der Waals surface area contributed by atoms with E-state index in [4.69, 9.17) is 0 Å². The molecule has 0 bridgehead atoms. The summed E-state index contributed by atoms with van der Waals surface area (Å²) in [6.45, 7) is 0.413. The van der Waals surface area contributed by atoms with E-state index < -0.39 is 0 Å². The Hall–Kier alpha value is -1.36. The summed E-state index contributed by atoms with van der Waals surface area (Å²) in [5, 5.41) is 2.00. The summed E-state index contributed by atoms with van der Waals surface area (Å²) in [4.78, 5) is 25.4. The lowest BCUT2D eigenvalue weighted by Gasteiger charge is -2.16. The molecular formula is C12H17NO3S. The molecule has 1 aromatic rings. The third kappa shape index (κ3) is 4.99. The maximum absolute atomic E-state index is 11.7. The smallest absolute Gasteiger partial charge is 0.307 e. The second-order valence-corrected chi connectivity index (χ2v) is 4.75. The van der Waals surface area contributed by atoms with E-state index in [2.05, 4.69) is 4.74 Å². The highest BCUT2D eigenvalue weighted by molar-refractivity contribution is 7.09. The largest absolute Gasteiger partial charge is 0.469 e. The second-order valence-electron chi connectivity index (χ2n) is 3.72. The summed E-state index contributed by atoms with van der Waals surface area (Å²) < 4.78 is 4.52. The third-order valence-corrected chi connectivity index (χ3v) is 3.41. The number of amides is 1. The molecule has 0 fully saturated rings. The number of carbonyl (C=O) groups excluding carboxylic acids is 2. The van der Waals surface area contributed by atoms with Crippen LogP contribution in [0.1, 0.15) is 17.7 Å². The lowest BCUT2D eigenvalue weighted by Crippen LogP contribution is -2.29. The average Bonchev–Trinajstić information content (AvgIpc) is 2.85. The highest BCUT2D eigenvalue weighted by Crippen LogP contribution is 2.11. The van der Waals surface area contributed by atoms with E-state index in [9.17, 15) is 9.59 Å². The van der Waals surface area contributed by atoms with Crippen LogP contribution in [0.3, 0.4) is 0 Å². The van der Waals surface area contributed by atoms with E-state index in [1.165, 1.54) is 12.0 Å². The Morgan fingerprint density at radius 2 is 2.18 bits per heavy atom. The van der Waals surface area contributed by atoms with Crippen LogP contribution < -0.4 is 0 Å². The van der Waals surface area contributed by atoms with E-state index >= 15 is 0 Å².